The number of hydrogen-bond donors (Lipinski definition) is 1. The Balaban J connectivity index is 1.58. The minimum absolute atomic E-state index is 0.0406. The highest BCUT2D eigenvalue weighted by Crippen LogP contribution is 2.39. The largest absolute Gasteiger partial charge is 0.477 e. The zero-order valence-electron chi connectivity index (χ0n) is 13.3. The van der Waals surface area contributed by atoms with Crippen LogP contribution in [0.5, 0.6) is 11.5 Å². The molecular weight excluding hydrogens is 324 g/mol. The van der Waals surface area contributed by atoms with Gasteiger partial charge in [-0.3, -0.25) is 4.79 Å². The number of carboxylic acid groups (broad SMARTS) is 1. The van der Waals surface area contributed by atoms with Gasteiger partial charge in [0.2, 0.25) is 6.79 Å². The molecule has 2 aromatic rings. The van der Waals surface area contributed by atoms with Gasteiger partial charge in [0, 0.05) is 12.7 Å². The van der Waals surface area contributed by atoms with Gasteiger partial charge >= 0.3 is 5.97 Å². The Labute approximate surface area is 143 Å². The lowest BCUT2D eigenvalue weighted by molar-refractivity contribution is 0.0685. The summed E-state index contributed by atoms with van der Waals surface area (Å²) in [5, 5.41) is 8.91. The van der Waals surface area contributed by atoms with Crippen LogP contribution < -0.4 is 9.47 Å². The van der Waals surface area contributed by atoms with Crippen LogP contribution in [-0.2, 0) is 0 Å². The third-order valence-electron chi connectivity index (χ3n) is 4.52. The molecular formula is C18H16N2O5. The van der Waals surface area contributed by atoms with Gasteiger partial charge in [0.25, 0.3) is 5.91 Å². The first-order valence-corrected chi connectivity index (χ1v) is 8.03. The second kappa shape index (κ2) is 6.08. The molecule has 0 saturated carbocycles. The second-order valence-corrected chi connectivity index (χ2v) is 6.01. The second-order valence-electron chi connectivity index (χ2n) is 6.01. The summed E-state index contributed by atoms with van der Waals surface area (Å²) in [4.78, 5) is 29.3. The SMILES string of the molecule is O=C(O)c1ccc(C(=O)N2CCCC2c2ccc3c(c2)OCO3)cn1. The molecule has 25 heavy (non-hydrogen) atoms. The molecule has 0 aliphatic carbocycles. The maximum Gasteiger partial charge on any atom is 0.354 e. The fourth-order valence-electron chi connectivity index (χ4n) is 3.29. The van der Waals surface area contributed by atoms with E-state index in [1.54, 1.807) is 4.90 Å². The van der Waals surface area contributed by atoms with Crippen molar-refractivity contribution in [1.29, 1.82) is 0 Å². The Bertz CT molecular complexity index is 834. The van der Waals surface area contributed by atoms with E-state index >= 15 is 0 Å². The lowest BCUT2D eigenvalue weighted by atomic mass is 10.0. The molecule has 1 fully saturated rings. The number of benzene rings is 1. The first-order chi connectivity index (χ1) is 12.1. The molecule has 2 aliphatic rings. The lowest BCUT2D eigenvalue weighted by Crippen LogP contribution is -2.30. The third kappa shape index (κ3) is 2.77. The van der Waals surface area contributed by atoms with E-state index in [2.05, 4.69) is 4.98 Å². The zero-order valence-corrected chi connectivity index (χ0v) is 13.3. The standard InChI is InChI=1S/C18H16N2O5/c21-17(12-3-5-13(18(22)23)19-9-12)20-7-1-2-14(20)11-4-6-15-16(8-11)25-10-24-15/h3-6,8-9,14H,1-2,7,10H2,(H,22,23). The van der Waals surface area contributed by atoms with Gasteiger partial charge in [-0.15, -0.1) is 0 Å². The molecule has 1 atom stereocenters. The van der Waals surface area contributed by atoms with Crippen molar-refractivity contribution >= 4 is 11.9 Å². The van der Waals surface area contributed by atoms with Gasteiger partial charge in [0.15, 0.2) is 11.5 Å². The number of likely N-dealkylation sites (tertiary alicyclic amines) is 1. The average Bonchev–Trinajstić information content (AvgIpc) is 3.29. The van der Waals surface area contributed by atoms with E-state index in [0.29, 0.717) is 23.6 Å². The van der Waals surface area contributed by atoms with Crippen molar-refractivity contribution in [2.75, 3.05) is 13.3 Å². The topological polar surface area (TPSA) is 89.0 Å². The number of carboxylic acids is 1. The van der Waals surface area contributed by atoms with E-state index in [1.807, 2.05) is 18.2 Å². The van der Waals surface area contributed by atoms with E-state index in [1.165, 1.54) is 18.3 Å². The summed E-state index contributed by atoms with van der Waals surface area (Å²) in [6.45, 7) is 0.867. The smallest absolute Gasteiger partial charge is 0.354 e. The normalized spacial score (nSPS) is 18.4. The van der Waals surface area contributed by atoms with Crippen molar-refractivity contribution < 1.29 is 24.2 Å². The molecule has 1 unspecified atom stereocenters. The summed E-state index contributed by atoms with van der Waals surface area (Å²) in [7, 11) is 0. The summed E-state index contributed by atoms with van der Waals surface area (Å²) in [5.41, 5.74) is 1.31. The van der Waals surface area contributed by atoms with Crippen molar-refractivity contribution in [3.05, 3.63) is 53.3 Å². The van der Waals surface area contributed by atoms with Crippen LogP contribution >= 0.6 is 0 Å². The molecule has 0 bridgehead atoms. The summed E-state index contributed by atoms with van der Waals surface area (Å²) in [6, 6.07) is 8.55. The highest BCUT2D eigenvalue weighted by molar-refractivity contribution is 5.95. The molecule has 7 nitrogen and oxygen atoms in total. The Morgan fingerprint density at radius 2 is 2.00 bits per heavy atom. The van der Waals surface area contributed by atoms with E-state index in [9.17, 15) is 9.59 Å². The number of fused-ring (bicyclic) bond motifs is 1. The number of carbonyl (C=O) groups excluding carboxylic acids is 1. The van der Waals surface area contributed by atoms with Crippen molar-refractivity contribution in [3.8, 4) is 11.5 Å². The van der Waals surface area contributed by atoms with Crippen molar-refractivity contribution in [2.45, 2.75) is 18.9 Å². The molecule has 1 saturated heterocycles. The molecule has 128 valence electrons. The highest BCUT2D eigenvalue weighted by atomic mass is 16.7. The minimum atomic E-state index is -1.11. The fourth-order valence-corrected chi connectivity index (χ4v) is 3.29. The van der Waals surface area contributed by atoms with Gasteiger partial charge in [-0.2, -0.15) is 0 Å². The van der Waals surface area contributed by atoms with E-state index in [-0.39, 0.29) is 24.4 Å². The molecule has 2 aliphatic heterocycles. The maximum absolute atomic E-state index is 12.8. The van der Waals surface area contributed by atoms with Gasteiger partial charge in [-0.05, 0) is 42.7 Å². The molecule has 1 aromatic heterocycles. The van der Waals surface area contributed by atoms with Crippen molar-refractivity contribution in [1.82, 2.24) is 9.88 Å². The number of aromatic nitrogens is 1. The quantitative estimate of drug-likeness (QED) is 0.923. The molecule has 3 heterocycles. The zero-order chi connectivity index (χ0) is 17.4. The van der Waals surface area contributed by atoms with Crippen LogP contribution in [0.1, 0.15) is 45.3 Å². The molecule has 0 radical (unpaired) electrons. The van der Waals surface area contributed by atoms with Crippen LogP contribution in [0.4, 0.5) is 0 Å². The Kier molecular flexibility index (Phi) is 3.76. The van der Waals surface area contributed by atoms with Gasteiger partial charge < -0.3 is 19.5 Å². The number of ether oxygens (including phenoxy) is 2. The van der Waals surface area contributed by atoms with Gasteiger partial charge in [0.05, 0.1) is 11.6 Å². The van der Waals surface area contributed by atoms with E-state index in [4.69, 9.17) is 14.6 Å². The average molecular weight is 340 g/mol. The summed E-state index contributed by atoms with van der Waals surface area (Å²) >= 11 is 0. The van der Waals surface area contributed by atoms with Crippen LogP contribution in [0.2, 0.25) is 0 Å². The summed E-state index contributed by atoms with van der Waals surface area (Å²) in [5.74, 6) is 0.153. The first kappa shape index (κ1) is 15.4. The van der Waals surface area contributed by atoms with Gasteiger partial charge in [-0.1, -0.05) is 6.07 Å². The van der Waals surface area contributed by atoms with Crippen molar-refractivity contribution in [3.63, 3.8) is 0 Å². The number of rotatable bonds is 3. The minimum Gasteiger partial charge on any atom is -0.477 e. The summed E-state index contributed by atoms with van der Waals surface area (Å²) < 4.78 is 10.8. The first-order valence-electron chi connectivity index (χ1n) is 8.03. The van der Waals surface area contributed by atoms with Gasteiger partial charge in [0.1, 0.15) is 5.69 Å². The molecule has 7 heteroatoms. The predicted molar refractivity (Wildman–Crippen MR) is 86.8 cm³/mol. The monoisotopic (exact) mass is 340 g/mol. The number of aromatic carboxylic acids is 1. The molecule has 1 N–H and O–H groups in total. The van der Waals surface area contributed by atoms with E-state index in [0.717, 1.165) is 18.4 Å². The van der Waals surface area contributed by atoms with Crippen LogP contribution in [0.25, 0.3) is 0 Å². The number of nitrogens with zero attached hydrogens (tertiary/aromatic N) is 2. The highest BCUT2D eigenvalue weighted by Gasteiger charge is 2.31. The Morgan fingerprint density at radius 3 is 2.76 bits per heavy atom. The number of pyridine rings is 1. The van der Waals surface area contributed by atoms with Crippen LogP contribution in [-0.4, -0.2) is 40.2 Å². The Hall–Kier alpha value is -3.09. The predicted octanol–water partition coefficient (Wildman–Crippen LogP) is 2.49. The number of amides is 1. The van der Waals surface area contributed by atoms with Crippen LogP contribution in [0, 0.1) is 0 Å². The van der Waals surface area contributed by atoms with Crippen molar-refractivity contribution in [2.24, 2.45) is 0 Å². The van der Waals surface area contributed by atoms with Crippen LogP contribution in [0.3, 0.4) is 0 Å². The number of carbonyl (C=O) groups is 2. The lowest BCUT2D eigenvalue weighted by Gasteiger charge is -2.25. The summed E-state index contributed by atoms with van der Waals surface area (Å²) in [6.07, 6.45) is 3.10. The maximum atomic E-state index is 12.8. The van der Waals surface area contributed by atoms with Crippen LogP contribution in [0.15, 0.2) is 36.5 Å². The third-order valence-corrected chi connectivity index (χ3v) is 4.52. The molecule has 1 amide bonds. The molecule has 4 rings (SSSR count). The fraction of sp³-hybridized carbons (Fsp3) is 0.278. The van der Waals surface area contributed by atoms with E-state index < -0.39 is 5.97 Å². The number of hydrogen-bond acceptors (Lipinski definition) is 5. The molecule has 1 aromatic carbocycles. The Morgan fingerprint density at radius 1 is 1.16 bits per heavy atom. The molecule has 0 spiro atoms. The van der Waals surface area contributed by atoms with Gasteiger partial charge in [-0.25, -0.2) is 9.78 Å².